The fraction of sp³-hybridized carbons (Fsp3) is 0.217. The van der Waals surface area contributed by atoms with Crippen LogP contribution in [0, 0.1) is 0 Å². The van der Waals surface area contributed by atoms with E-state index in [1.165, 1.54) is 17.4 Å². The number of aromatic nitrogens is 4. The summed E-state index contributed by atoms with van der Waals surface area (Å²) in [5.41, 5.74) is 3.02. The fourth-order valence-electron chi connectivity index (χ4n) is 3.75. The van der Waals surface area contributed by atoms with Crippen molar-refractivity contribution in [2.45, 2.75) is 6.54 Å². The zero-order chi connectivity index (χ0) is 23.5. The predicted octanol–water partition coefficient (Wildman–Crippen LogP) is 2.90. The molecule has 4 heterocycles. The zero-order valence-electron chi connectivity index (χ0n) is 18.1. The van der Waals surface area contributed by atoms with Crippen LogP contribution in [0.4, 0.5) is 5.69 Å². The Morgan fingerprint density at radius 2 is 1.97 bits per heavy atom. The molecule has 9 nitrogen and oxygen atoms in total. The van der Waals surface area contributed by atoms with Crippen molar-refractivity contribution in [3.8, 4) is 11.4 Å². The van der Waals surface area contributed by atoms with Crippen LogP contribution in [-0.2, 0) is 11.3 Å². The molecule has 1 N–H and O–H groups in total. The van der Waals surface area contributed by atoms with E-state index in [9.17, 15) is 9.59 Å². The van der Waals surface area contributed by atoms with Crippen molar-refractivity contribution < 1.29 is 9.53 Å². The minimum Gasteiger partial charge on any atom is -0.378 e. The number of benzene rings is 1. The number of nitrogens with one attached hydrogen (secondary N) is 1. The Morgan fingerprint density at radius 1 is 1.12 bits per heavy atom. The Bertz CT molecular complexity index is 1370. The normalized spacial score (nSPS) is 13.7. The van der Waals surface area contributed by atoms with E-state index in [4.69, 9.17) is 16.3 Å². The summed E-state index contributed by atoms with van der Waals surface area (Å²) < 4.78 is 9.37. The first-order valence-corrected chi connectivity index (χ1v) is 11.9. The number of thiophene rings is 1. The topological polar surface area (TPSA) is 94.3 Å². The zero-order valence-corrected chi connectivity index (χ0v) is 19.6. The Morgan fingerprint density at radius 3 is 2.74 bits per heavy atom. The van der Waals surface area contributed by atoms with Crippen molar-refractivity contribution in [3.63, 3.8) is 0 Å². The summed E-state index contributed by atoms with van der Waals surface area (Å²) >= 11 is 7.14. The van der Waals surface area contributed by atoms with Crippen LogP contribution in [0.25, 0.3) is 11.4 Å². The molecule has 0 spiro atoms. The first-order valence-electron chi connectivity index (χ1n) is 10.7. The maximum atomic E-state index is 12.4. The maximum Gasteiger partial charge on any atom is 0.261 e. The van der Waals surface area contributed by atoms with Crippen LogP contribution < -0.4 is 15.8 Å². The number of halogens is 1. The highest BCUT2D eigenvalue weighted by molar-refractivity contribution is 7.17. The Labute approximate surface area is 204 Å². The SMILES string of the molecule is O=C(NCc1cn(-c2ccc(-n3ccccc3=O)cc2N2CCOCC2)nn1)c1ccc(Cl)s1. The molecule has 1 aromatic carbocycles. The van der Waals surface area contributed by atoms with Gasteiger partial charge in [0, 0.05) is 25.4 Å². The third-order valence-corrected chi connectivity index (χ3v) is 6.66. The average molecular weight is 497 g/mol. The number of carbonyl (C=O) groups is 1. The molecular formula is C23H21ClN6O3S. The third-order valence-electron chi connectivity index (χ3n) is 5.43. The number of ether oxygens (including phenoxy) is 1. The van der Waals surface area contributed by atoms with Gasteiger partial charge in [0.2, 0.25) is 0 Å². The van der Waals surface area contributed by atoms with Crippen molar-refractivity contribution in [3.05, 3.63) is 86.2 Å². The molecule has 1 fully saturated rings. The van der Waals surface area contributed by atoms with Gasteiger partial charge in [0.1, 0.15) is 5.69 Å². The lowest BCUT2D eigenvalue weighted by Crippen LogP contribution is -2.37. The van der Waals surface area contributed by atoms with E-state index in [2.05, 4.69) is 20.5 Å². The van der Waals surface area contributed by atoms with Gasteiger partial charge in [0.25, 0.3) is 11.5 Å². The third kappa shape index (κ3) is 4.74. The predicted molar refractivity (Wildman–Crippen MR) is 130 cm³/mol. The summed E-state index contributed by atoms with van der Waals surface area (Å²) in [5.74, 6) is -0.210. The quantitative estimate of drug-likeness (QED) is 0.441. The molecule has 0 atom stereocenters. The molecule has 11 heteroatoms. The molecule has 0 radical (unpaired) electrons. The molecule has 3 aromatic heterocycles. The van der Waals surface area contributed by atoms with Gasteiger partial charge in [-0.05, 0) is 36.4 Å². The lowest BCUT2D eigenvalue weighted by atomic mass is 10.2. The van der Waals surface area contributed by atoms with Crippen molar-refractivity contribution in [2.24, 2.45) is 0 Å². The van der Waals surface area contributed by atoms with Gasteiger partial charge in [-0.2, -0.15) is 0 Å². The Kier molecular flexibility index (Phi) is 6.43. The molecule has 34 heavy (non-hydrogen) atoms. The second kappa shape index (κ2) is 9.80. The van der Waals surface area contributed by atoms with Gasteiger partial charge in [0.15, 0.2) is 0 Å². The summed E-state index contributed by atoms with van der Waals surface area (Å²) in [5, 5.41) is 11.3. The van der Waals surface area contributed by atoms with Gasteiger partial charge in [-0.3, -0.25) is 14.2 Å². The molecule has 1 aliphatic rings. The van der Waals surface area contributed by atoms with Crippen LogP contribution in [0.15, 0.2) is 65.7 Å². The summed E-state index contributed by atoms with van der Waals surface area (Å²) in [7, 11) is 0. The molecule has 0 saturated carbocycles. The molecule has 5 rings (SSSR count). The summed E-state index contributed by atoms with van der Waals surface area (Å²) in [6.07, 6.45) is 3.53. The standard InChI is InChI=1S/C23H21ClN6O3S/c24-21-7-6-20(34-21)23(32)25-14-16-15-30(27-26-16)18-5-4-17(29-8-2-1-3-22(29)31)13-19(18)28-9-11-33-12-10-28/h1-8,13,15H,9-12,14H2,(H,25,32). The smallest absolute Gasteiger partial charge is 0.261 e. The van der Waals surface area contributed by atoms with E-state index in [0.29, 0.717) is 28.1 Å². The van der Waals surface area contributed by atoms with E-state index in [-0.39, 0.29) is 18.0 Å². The van der Waals surface area contributed by atoms with Crippen LogP contribution in [0.3, 0.4) is 0 Å². The number of nitrogens with zero attached hydrogens (tertiary/aromatic N) is 5. The number of pyridine rings is 1. The minimum atomic E-state index is -0.210. The fourth-order valence-corrected chi connectivity index (χ4v) is 4.70. The number of carbonyl (C=O) groups excluding carboxylic acids is 1. The summed E-state index contributed by atoms with van der Waals surface area (Å²) in [6.45, 7) is 2.92. The van der Waals surface area contributed by atoms with Gasteiger partial charge >= 0.3 is 0 Å². The van der Waals surface area contributed by atoms with Gasteiger partial charge < -0.3 is 15.0 Å². The van der Waals surface area contributed by atoms with E-state index in [1.807, 2.05) is 24.3 Å². The van der Waals surface area contributed by atoms with Crippen LogP contribution in [-0.4, -0.2) is 51.8 Å². The number of morpholine rings is 1. The number of hydrogen-bond donors (Lipinski definition) is 1. The summed E-state index contributed by atoms with van der Waals surface area (Å²) in [4.78, 5) is 27.4. The molecule has 1 amide bonds. The minimum absolute atomic E-state index is 0.103. The van der Waals surface area contributed by atoms with Gasteiger partial charge in [-0.25, -0.2) is 4.68 Å². The molecule has 1 saturated heterocycles. The van der Waals surface area contributed by atoms with Crippen LogP contribution >= 0.6 is 22.9 Å². The second-order valence-corrected chi connectivity index (χ2v) is 9.34. The van der Waals surface area contributed by atoms with Crippen molar-refractivity contribution in [1.29, 1.82) is 0 Å². The Hall–Kier alpha value is -3.47. The van der Waals surface area contributed by atoms with Crippen LogP contribution in [0.5, 0.6) is 0 Å². The molecule has 0 unspecified atom stereocenters. The number of rotatable bonds is 6. The van der Waals surface area contributed by atoms with Crippen molar-refractivity contribution in [2.75, 3.05) is 31.2 Å². The average Bonchev–Trinajstić information content (AvgIpc) is 3.52. The first-order chi connectivity index (χ1) is 16.6. The first kappa shape index (κ1) is 22.3. The lowest BCUT2D eigenvalue weighted by molar-refractivity contribution is 0.0954. The number of hydrogen-bond acceptors (Lipinski definition) is 7. The molecule has 174 valence electrons. The highest BCUT2D eigenvalue weighted by Gasteiger charge is 2.19. The molecule has 0 aliphatic carbocycles. The van der Waals surface area contributed by atoms with Gasteiger partial charge in [-0.15, -0.1) is 16.4 Å². The Balaban J connectivity index is 1.42. The summed E-state index contributed by atoms with van der Waals surface area (Å²) in [6, 6.07) is 14.2. The molecule has 0 bridgehead atoms. The lowest BCUT2D eigenvalue weighted by Gasteiger charge is -2.30. The molecular weight excluding hydrogens is 476 g/mol. The van der Waals surface area contributed by atoms with Gasteiger partial charge in [0.05, 0.1) is 52.2 Å². The molecule has 1 aliphatic heterocycles. The van der Waals surface area contributed by atoms with E-state index >= 15 is 0 Å². The highest BCUT2D eigenvalue weighted by atomic mass is 35.5. The van der Waals surface area contributed by atoms with E-state index in [1.54, 1.807) is 39.8 Å². The van der Waals surface area contributed by atoms with Crippen LogP contribution in [0.2, 0.25) is 4.34 Å². The largest absolute Gasteiger partial charge is 0.378 e. The molecule has 4 aromatic rings. The maximum absolute atomic E-state index is 12.4. The van der Waals surface area contributed by atoms with Gasteiger partial charge in [-0.1, -0.05) is 22.9 Å². The monoisotopic (exact) mass is 496 g/mol. The highest BCUT2D eigenvalue weighted by Crippen LogP contribution is 2.28. The van der Waals surface area contributed by atoms with E-state index in [0.717, 1.165) is 30.2 Å². The van der Waals surface area contributed by atoms with Crippen molar-refractivity contribution >= 4 is 34.5 Å². The van der Waals surface area contributed by atoms with Crippen LogP contribution in [0.1, 0.15) is 15.4 Å². The second-order valence-electron chi connectivity index (χ2n) is 7.62. The number of amides is 1. The van der Waals surface area contributed by atoms with Crippen molar-refractivity contribution in [1.82, 2.24) is 24.9 Å². The van der Waals surface area contributed by atoms with E-state index < -0.39 is 0 Å². The number of anilines is 1.